The molecule has 1 heterocycles. The summed E-state index contributed by atoms with van der Waals surface area (Å²) in [5, 5.41) is 22.6. The summed E-state index contributed by atoms with van der Waals surface area (Å²) >= 11 is 0. The lowest BCUT2D eigenvalue weighted by Gasteiger charge is -2.19. The first-order chi connectivity index (χ1) is 7.52. The van der Waals surface area contributed by atoms with Crippen LogP contribution in [0.1, 0.15) is 47.2 Å². The number of aromatic hydroxyl groups is 1. The van der Waals surface area contributed by atoms with Crippen LogP contribution >= 0.6 is 0 Å². The highest BCUT2D eigenvalue weighted by Gasteiger charge is 2.23. The van der Waals surface area contributed by atoms with Gasteiger partial charge in [0, 0.05) is 0 Å². The Balaban J connectivity index is 3.20. The van der Waals surface area contributed by atoms with Crippen LogP contribution in [0.2, 0.25) is 0 Å². The first kappa shape index (κ1) is 13.7. The van der Waals surface area contributed by atoms with E-state index in [0.717, 1.165) is 0 Å². The van der Waals surface area contributed by atoms with Gasteiger partial charge in [-0.2, -0.15) is 10.2 Å². The molecule has 1 aromatic rings. The molecule has 0 aliphatic heterocycles. The Bertz CT molecular complexity index is 433. The second-order valence-electron chi connectivity index (χ2n) is 6.21. The van der Waals surface area contributed by atoms with Gasteiger partial charge in [0.1, 0.15) is 0 Å². The molecule has 1 aromatic heterocycles. The topological polar surface area (TPSA) is 62.8 Å². The average molecular weight is 238 g/mol. The second-order valence-corrected chi connectivity index (χ2v) is 6.21. The first-order valence-corrected chi connectivity index (χ1v) is 5.74. The Kier molecular flexibility index (Phi) is 3.32. The second kappa shape index (κ2) is 4.13. The number of nitrogens with zero attached hydrogens (tertiary/aromatic N) is 4. The fourth-order valence-electron chi connectivity index (χ4n) is 1.29. The van der Waals surface area contributed by atoms with Crippen molar-refractivity contribution >= 4 is 5.69 Å². The van der Waals surface area contributed by atoms with Crippen LogP contribution < -0.4 is 0 Å². The van der Waals surface area contributed by atoms with Crippen LogP contribution in [0.5, 0.6) is 5.88 Å². The van der Waals surface area contributed by atoms with Crippen LogP contribution in [-0.2, 0) is 5.54 Å². The van der Waals surface area contributed by atoms with Crippen LogP contribution in [0.4, 0.5) is 5.69 Å². The standard InChI is InChI=1S/C12H22N4O/c1-8-9(13-15-11(2,3)4)10(17)16(14-8)12(5,6)7/h17H,1-7H3/b15-13+. The number of aromatic nitrogens is 2. The third-order valence-electron chi connectivity index (χ3n) is 2.09. The van der Waals surface area contributed by atoms with Crippen LogP contribution in [0, 0.1) is 6.92 Å². The molecule has 0 amide bonds. The number of hydrogen-bond donors (Lipinski definition) is 1. The van der Waals surface area contributed by atoms with Gasteiger partial charge in [0.25, 0.3) is 0 Å². The Hall–Kier alpha value is -1.39. The predicted molar refractivity (Wildman–Crippen MR) is 67.9 cm³/mol. The van der Waals surface area contributed by atoms with Gasteiger partial charge in [-0.25, -0.2) is 4.68 Å². The Morgan fingerprint density at radius 1 is 1.12 bits per heavy atom. The number of aryl methyl sites for hydroxylation is 1. The fraction of sp³-hybridized carbons (Fsp3) is 0.750. The number of azo groups is 1. The van der Waals surface area contributed by atoms with Crippen molar-refractivity contribution in [1.29, 1.82) is 0 Å². The molecule has 0 aromatic carbocycles. The summed E-state index contributed by atoms with van der Waals surface area (Å²) in [5.74, 6) is 0.0722. The van der Waals surface area contributed by atoms with Crippen molar-refractivity contribution in [3.8, 4) is 5.88 Å². The van der Waals surface area contributed by atoms with Crippen molar-refractivity contribution in [2.24, 2.45) is 10.2 Å². The van der Waals surface area contributed by atoms with E-state index in [1.54, 1.807) is 4.68 Å². The third-order valence-corrected chi connectivity index (χ3v) is 2.09. The molecule has 0 fully saturated rings. The lowest BCUT2D eigenvalue weighted by atomic mass is 10.1. The van der Waals surface area contributed by atoms with E-state index in [0.29, 0.717) is 11.4 Å². The van der Waals surface area contributed by atoms with E-state index in [2.05, 4.69) is 15.3 Å². The predicted octanol–water partition coefficient (Wildman–Crippen LogP) is 3.53. The first-order valence-electron chi connectivity index (χ1n) is 5.74. The summed E-state index contributed by atoms with van der Waals surface area (Å²) in [5.41, 5.74) is 0.604. The van der Waals surface area contributed by atoms with Crippen molar-refractivity contribution in [1.82, 2.24) is 9.78 Å². The van der Waals surface area contributed by atoms with Gasteiger partial charge < -0.3 is 5.11 Å². The van der Waals surface area contributed by atoms with Gasteiger partial charge in [-0.3, -0.25) is 0 Å². The van der Waals surface area contributed by atoms with Gasteiger partial charge in [-0.1, -0.05) is 0 Å². The summed E-state index contributed by atoms with van der Waals surface area (Å²) in [4.78, 5) is 0. The zero-order chi connectivity index (χ0) is 13.4. The molecule has 0 saturated heterocycles. The fourth-order valence-corrected chi connectivity index (χ4v) is 1.29. The maximum atomic E-state index is 10.1. The smallest absolute Gasteiger partial charge is 0.238 e. The Morgan fingerprint density at radius 2 is 1.65 bits per heavy atom. The van der Waals surface area contributed by atoms with Gasteiger partial charge in [-0.15, -0.1) is 5.11 Å². The maximum Gasteiger partial charge on any atom is 0.238 e. The SMILES string of the molecule is Cc1nn(C(C)(C)C)c(O)c1/N=N/C(C)(C)C. The molecule has 1 N–H and O–H groups in total. The third kappa shape index (κ3) is 3.28. The minimum absolute atomic E-state index is 0.0722. The van der Waals surface area contributed by atoms with Crippen LogP contribution in [0.3, 0.4) is 0 Å². The van der Waals surface area contributed by atoms with E-state index >= 15 is 0 Å². The normalized spacial score (nSPS) is 13.6. The van der Waals surface area contributed by atoms with Crippen molar-refractivity contribution in [2.45, 2.75) is 59.5 Å². The molecular formula is C12H22N4O. The number of rotatable bonds is 1. The van der Waals surface area contributed by atoms with Crippen molar-refractivity contribution < 1.29 is 5.11 Å². The van der Waals surface area contributed by atoms with Gasteiger partial charge in [0.05, 0.1) is 16.8 Å². The molecule has 5 nitrogen and oxygen atoms in total. The average Bonchev–Trinajstić information content (AvgIpc) is 2.37. The molecule has 96 valence electrons. The van der Waals surface area contributed by atoms with E-state index in [1.165, 1.54) is 0 Å². The quantitative estimate of drug-likeness (QED) is 0.761. The van der Waals surface area contributed by atoms with E-state index in [1.807, 2.05) is 48.5 Å². The molecule has 0 atom stereocenters. The highest BCUT2D eigenvalue weighted by atomic mass is 16.3. The van der Waals surface area contributed by atoms with E-state index in [-0.39, 0.29) is 17.0 Å². The van der Waals surface area contributed by atoms with Crippen molar-refractivity contribution in [3.05, 3.63) is 5.69 Å². The molecular weight excluding hydrogens is 216 g/mol. The molecule has 0 saturated carbocycles. The van der Waals surface area contributed by atoms with Gasteiger partial charge in [0.15, 0.2) is 5.69 Å². The highest BCUT2D eigenvalue weighted by molar-refractivity contribution is 5.50. The zero-order valence-electron chi connectivity index (χ0n) is 11.7. The highest BCUT2D eigenvalue weighted by Crippen LogP contribution is 2.34. The molecule has 0 radical (unpaired) electrons. The van der Waals surface area contributed by atoms with Gasteiger partial charge in [-0.05, 0) is 48.5 Å². The van der Waals surface area contributed by atoms with E-state index in [4.69, 9.17) is 0 Å². The van der Waals surface area contributed by atoms with Gasteiger partial charge in [0.2, 0.25) is 5.88 Å². The monoisotopic (exact) mass is 238 g/mol. The Labute approximate surface area is 103 Å². The Morgan fingerprint density at radius 3 is 2.00 bits per heavy atom. The molecule has 0 aliphatic carbocycles. The summed E-state index contributed by atoms with van der Waals surface area (Å²) in [6.07, 6.45) is 0. The molecule has 0 unspecified atom stereocenters. The molecule has 0 spiro atoms. The van der Waals surface area contributed by atoms with Crippen molar-refractivity contribution in [3.63, 3.8) is 0 Å². The molecule has 17 heavy (non-hydrogen) atoms. The van der Waals surface area contributed by atoms with Crippen LogP contribution in [0.15, 0.2) is 10.2 Å². The van der Waals surface area contributed by atoms with Crippen LogP contribution in [0.25, 0.3) is 0 Å². The van der Waals surface area contributed by atoms with E-state index < -0.39 is 0 Å². The minimum Gasteiger partial charge on any atom is -0.492 e. The lowest BCUT2D eigenvalue weighted by Crippen LogP contribution is -2.22. The summed E-state index contributed by atoms with van der Waals surface area (Å²) < 4.78 is 1.57. The molecule has 1 rings (SSSR count). The molecule has 0 aliphatic rings. The summed E-state index contributed by atoms with van der Waals surface area (Å²) in [7, 11) is 0. The zero-order valence-corrected chi connectivity index (χ0v) is 11.7. The van der Waals surface area contributed by atoms with Crippen LogP contribution in [-0.4, -0.2) is 20.4 Å². The summed E-state index contributed by atoms with van der Waals surface area (Å²) in [6, 6.07) is 0. The van der Waals surface area contributed by atoms with Crippen molar-refractivity contribution in [2.75, 3.05) is 0 Å². The number of hydrogen-bond acceptors (Lipinski definition) is 4. The maximum absolute atomic E-state index is 10.1. The largest absolute Gasteiger partial charge is 0.492 e. The molecule has 5 heteroatoms. The molecule has 0 bridgehead atoms. The van der Waals surface area contributed by atoms with Gasteiger partial charge >= 0.3 is 0 Å². The lowest BCUT2D eigenvalue weighted by molar-refractivity contribution is 0.294. The summed E-state index contributed by atoms with van der Waals surface area (Å²) in [6.45, 7) is 13.6. The minimum atomic E-state index is -0.273. The van der Waals surface area contributed by atoms with E-state index in [9.17, 15) is 5.11 Å².